The summed E-state index contributed by atoms with van der Waals surface area (Å²) in [5.41, 5.74) is 0. The summed E-state index contributed by atoms with van der Waals surface area (Å²) in [5.74, 6) is -0.194. The molecule has 0 bridgehead atoms. The van der Waals surface area contributed by atoms with E-state index in [4.69, 9.17) is 9.05 Å². The van der Waals surface area contributed by atoms with Crippen LogP contribution in [0.5, 0.6) is 0 Å². The number of carbonyl (C=O) groups is 1. The third kappa shape index (κ3) is 56.2. The Morgan fingerprint density at radius 2 is 0.806 bits per heavy atom. The third-order valence-electron chi connectivity index (χ3n) is 14.0. The Morgan fingerprint density at radius 1 is 0.486 bits per heavy atom. The zero-order chi connectivity index (χ0) is 52.7. The molecule has 1 amide bonds. The lowest BCUT2D eigenvalue weighted by molar-refractivity contribution is -0.870. The molecule has 0 saturated carbocycles. The molecule has 0 radical (unpaired) electrons. The number of likely N-dealkylation sites (N-methyl/N-ethyl adjacent to an activating group) is 1. The lowest BCUT2D eigenvalue weighted by Gasteiger charge is -2.29. The molecule has 0 spiro atoms. The quantitative estimate of drug-likeness (QED) is 0.0272. The number of unbranched alkanes of at least 4 members (excludes halogenated alkanes) is 38. The highest BCUT2D eigenvalue weighted by Gasteiger charge is 2.23. The predicted molar refractivity (Wildman–Crippen MR) is 311 cm³/mol. The van der Waals surface area contributed by atoms with Gasteiger partial charge in [0.15, 0.2) is 0 Å². The number of aliphatic hydroxyl groups excluding tert-OH is 1. The van der Waals surface area contributed by atoms with E-state index in [1.165, 1.54) is 225 Å². The molecule has 0 heterocycles. The average molecular weight is 1030 g/mol. The van der Waals surface area contributed by atoms with Gasteiger partial charge in [-0.3, -0.25) is 9.36 Å². The molecule has 8 nitrogen and oxygen atoms in total. The van der Waals surface area contributed by atoms with Crippen LogP contribution in [0.1, 0.15) is 296 Å². The topological polar surface area (TPSA) is 108 Å². The number of hydrogen-bond donors (Lipinski definition) is 2. The van der Waals surface area contributed by atoms with Gasteiger partial charge in [-0.15, -0.1) is 0 Å². The average Bonchev–Trinajstić information content (AvgIpc) is 3.34. The van der Waals surface area contributed by atoms with Crippen molar-refractivity contribution in [1.82, 2.24) is 5.32 Å². The first-order valence-corrected chi connectivity index (χ1v) is 32.5. The summed E-state index contributed by atoms with van der Waals surface area (Å²) in [7, 11) is 1.27. The molecule has 424 valence electrons. The summed E-state index contributed by atoms with van der Waals surface area (Å²) in [6.45, 7) is 4.66. The van der Waals surface area contributed by atoms with Gasteiger partial charge < -0.3 is 28.8 Å². The summed E-state index contributed by atoms with van der Waals surface area (Å²) in [4.78, 5) is 25.5. The summed E-state index contributed by atoms with van der Waals surface area (Å²) in [5, 5.41) is 13.9. The van der Waals surface area contributed by atoms with Crippen molar-refractivity contribution in [3.63, 3.8) is 0 Å². The van der Waals surface area contributed by atoms with Gasteiger partial charge in [0.1, 0.15) is 13.2 Å². The summed E-state index contributed by atoms with van der Waals surface area (Å²) < 4.78 is 23.3. The van der Waals surface area contributed by atoms with Crippen LogP contribution in [-0.4, -0.2) is 68.5 Å². The Morgan fingerprint density at radius 3 is 1.17 bits per heavy atom. The number of amides is 1. The fourth-order valence-corrected chi connectivity index (χ4v) is 9.89. The second kappa shape index (κ2) is 54.3. The lowest BCUT2D eigenvalue weighted by Crippen LogP contribution is -2.45. The first-order chi connectivity index (χ1) is 35.0. The number of quaternary nitrogens is 1. The SMILES string of the molecule is CCCCCCC/C=C\C/C=C\C/C=C\CCCCCCCCCCCCCCCCCCCCCCC(=O)NC(COP(=O)([O-])OCC[N+](C)(C)C)C(O)/C=C/CCCCCCCCCCCCCCC. The number of nitrogens with one attached hydrogen (secondary N) is 1. The molecule has 0 aromatic rings. The fourth-order valence-electron chi connectivity index (χ4n) is 9.16. The van der Waals surface area contributed by atoms with Crippen LogP contribution in [0, 0.1) is 0 Å². The van der Waals surface area contributed by atoms with Gasteiger partial charge in [-0.1, -0.05) is 281 Å². The summed E-state index contributed by atoms with van der Waals surface area (Å²) in [6, 6.07) is -0.885. The Hall–Kier alpha value is -1.54. The van der Waals surface area contributed by atoms with Crippen LogP contribution in [0.4, 0.5) is 0 Å². The molecule has 0 aromatic carbocycles. The molecule has 0 saturated heterocycles. The Balaban J connectivity index is 3.99. The minimum Gasteiger partial charge on any atom is -0.756 e. The first kappa shape index (κ1) is 70.5. The molecule has 0 aliphatic heterocycles. The van der Waals surface area contributed by atoms with Gasteiger partial charge in [0, 0.05) is 6.42 Å². The van der Waals surface area contributed by atoms with Crippen LogP contribution >= 0.6 is 7.82 Å². The highest BCUT2D eigenvalue weighted by molar-refractivity contribution is 7.45. The molecule has 2 N–H and O–H groups in total. The highest BCUT2D eigenvalue weighted by Crippen LogP contribution is 2.38. The molecule has 0 aromatic heterocycles. The van der Waals surface area contributed by atoms with E-state index in [0.29, 0.717) is 17.4 Å². The van der Waals surface area contributed by atoms with Gasteiger partial charge in [-0.05, 0) is 57.8 Å². The standard InChI is InChI=1S/C63H121N2O6P/c1-6-8-10-12-14-16-18-20-22-23-24-25-26-27-28-29-30-31-32-33-34-35-36-37-38-39-40-41-43-45-47-49-51-53-55-57-63(67)64-61(60-71-72(68,69)70-59-58-65(3,4)5)62(66)56-54-52-50-48-46-44-42-21-19-17-15-13-11-9-7-2/h18,20,23-24,26-27,54,56,61-62,66H,6-17,19,21-22,25,28-53,55,57-60H2,1-5H3,(H-,64,67,68,69)/b20-18-,24-23-,27-26-,56-54+. The molecule has 9 heteroatoms. The maximum absolute atomic E-state index is 13.0. The van der Waals surface area contributed by atoms with E-state index in [0.717, 1.165) is 51.4 Å². The molecule has 3 atom stereocenters. The third-order valence-corrected chi connectivity index (χ3v) is 15.0. The fraction of sp³-hybridized carbons (Fsp3) is 0.857. The van der Waals surface area contributed by atoms with Gasteiger partial charge >= 0.3 is 0 Å². The number of phosphoric acid groups is 1. The van der Waals surface area contributed by atoms with Crippen molar-refractivity contribution in [2.75, 3.05) is 40.9 Å². The number of aliphatic hydroxyl groups is 1. The Labute approximate surface area is 448 Å². The van der Waals surface area contributed by atoms with Crippen LogP contribution in [0.2, 0.25) is 0 Å². The highest BCUT2D eigenvalue weighted by atomic mass is 31.2. The van der Waals surface area contributed by atoms with Crippen molar-refractivity contribution in [2.24, 2.45) is 0 Å². The minimum atomic E-state index is -4.59. The predicted octanol–water partition coefficient (Wildman–Crippen LogP) is 18.5. The smallest absolute Gasteiger partial charge is 0.268 e. The lowest BCUT2D eigenvalue weighted by atomic mass is 10.0. The van der Waals surface area contributed by atoms with Crippen molar-refractivity contribution in [3.05, 3.63) is 48.6 Å². The molecule has 0 rings (SSSR count). The van der Waals surface area contributed by atoms with Crippen LogP contribution in [0.25, 0.3) is 0 Å². The van der Waals surface area contributed by atoms with E-state index in [-0.39, 0.29) is 19.1 Å². The Bertz CT molecular complexity index is 1310. The maximum atomic E-state index is 13.0. The zero-order valence-corrected chi connectivity index (χ0v) is 49.3. The number of allylic oxidation sites excluding steroid dienone is 7. The van der Waals surface area contributed by atoms with Crippen LogP contribution in [0.3, 0.4) is 0 Å². The van der Waals surface area contributed by atoms with Crippen molar-refractivity contribution < 1.29 is 32.9 Å². The second-order valence-electron chi connectivity index (χ2n) is 22.4. The number of phosphoric ester groups is 1. The summed E-state index contributed by atoms with van der Waals surface area (Å²) >= 11 is 0. The van der Waals surface area contributed by atoms with Gasteiger partial charge in [0.05, 0.1) is 39.9 Å². The van der Waals surface area contributed by atoms with Crippen molar-refractivity contribution in [3.8, 4) is 0 Å². The number of nitrogens with zero attached hydrogens (tertiary/aromatic N) is 1. The van der Waals surface area contributed by atoms with Gasteiger partial charge in [0.25, 0.3) is 7.82 Å². The van der Waals surface area contributed by atoms with Crippen molar-refractivity contribution >= 4 is 13.7 Å². The van der Waals surface area contributed by atoms with Gasteiger partial charge in [0.2, 0.25) is 5.91 Å². The molecular formula is C63H121N2O6P. The second-order valence-corrected chi connectivity index (χ2v) is 23.8. The normalized spacial score (nSPS) is 14.2. The molecule has 72 heavy (non-hydrogen) atoms. The molecule has 0 aliphatic rings. The zero-order valence-electron chi connectivity index (χ0n) is 48.4. The van der Waals surface area contributed by atoms with Crippen molar-refractivity contribution in [1.29, 1.82) is 0 Å². The van der Waals surface area contributed by atoms with Crippen LogP contribution < -0.4 is 10.2 Å². The van der Waals surface area contributed by atoms with Gasteiger partial charge in [-0.2, -0.15) is 0 Å². The number of carbonyl (C=O) groups excluding carboxylic acids is 1. The van der Waals surface area contributed by atoms with Gasteiger partial charge in [-0.25, -0.2) is 0 Å². The van der Waals surface area contributed by atoms with E-state index in [9.17, 15) is 19.4 Å². The summed E-state index contributed by atoms with van der Waals surface area (Å²) in [6.07, 6.45) is 72.1. The number of hydrogen-bond acceptors (Lipinski definition) is 6. The first-order valence-electron chi connectivity index (χ1n) is 31.0. The van der Waals surface area contributed by atoms with E-state index in [2.05, 4.69) is 55.6 Å². The number of rotatable bonds is 57. The molecular weight excluding hydrogens is 912 g/mol. The Kier molecular flexibility index (Phi) is 53.1. The van der Waals surface area contributed by atoms with Crippen LogP contribution in [0.15, 0.2) is 48.6 Å². The monoisotopic (exact) mass is 1030 g/mol. The molecule has 0 fully saturated rings. The maximum Gasteiger partial charge on any atom is 0.268 e. The largest absolute Gasteiger partial charge is 0.756 e. The van der Waals surface area contributed by atoms with E-state index >= 15 is 0 Å². The van der Waals surface area contributed by atoms with E-state index in [1.807, 2.05) is 27.2 Å². The van der Waals surface area contributed by atoms with E-state index < -0.39 is 20.0 Å². The minimum absolute atomic E-state index is 0.0000544. The van der Waals surface area contributed by atoms with Crippen molar-refractivity contribution in [2.45, 2.75) is 309 Å². The molecule has 0 aliphatic carbocycles. The molecule has 3 unspecified atom stereocenters. The van der Waals surface area contributed by atoms with E-state index in [1.54, 1.807) is 6.08 Å². The van der Waals surface area contributed by atoms with Crippen LogP contribution in [-0.2, 0) is 18.4 Å².